The molecule has 4 heteroatoms. The Hall–Kier alpha value is -0.580. The Bertz CT molecular complexity index is 477. The normalized spacial score (nSPS) is 14.7. The van der Waals surface area contributed by atoms with E-state index in [-0.39, 0.29) is 0 Å². The van der Waals surface area contributed by atoms with E-state index in [0.29, 0.717) is 6.04 Å². The number of hydrogen-bond donors (Lipinski definition) is 1. The molecule has 2 rings (SSSR count). The van der Waals surface area contributed by atoms with Crippen LogP contribution in [0.15, 0.2) is 24.3 Å². The summed E-state index contributed by atoms with van der Waals surface area (Å²) in [6, 6.07) is 8.90. The molecule has 0 saturated carbocycles. The van der Waals surface area contributed by atoms with Gasteiger partial charge in [-0.05, 0) is 25.6 Å². The van der Waals surface area contributed by atoms with Gasteiger partial charge in [0.05, 0.1) is 15.2 Å². The highest BCUT2D eigenvalue weighted by atomic mass is 32.2. The quantitative estimate of drug-likeness (QED) is 0.836. The number of hydrogen-bond acceptors (Lipinski definition) is 4. The minimum atomic E-state index is 0.513. The maximum atomic E-state index is 4.72. The van der Waals surface area contributed by atoms with E-state index in [9.17, 15) is 0 Å². The van der Waals surface area contributed by atoms with E-state index in [1.807, 2.05) is 23.1 Å². The molecule has 0 saturated heterocycles. The fourth-order valence-electron chi connectivity index (χ4n) is 1.86. The summed E-state index contributed by atoms with van der Waals surface area (Å²) < 4.78 is 1.29. The van der Waals surface area contributed by atoms with Gasteiger partial charge in [-0.2, -0.15) is 11.8 Å². The average molecular weight is 294 g/mol. The Morgan fingerprint density at radius 1 is 1.37 bits per heavy atom. The summed E-state index contributed by atoms with van der Waals surface area (Å²) >= 11 is 3.87. The lowest BCUT2D eigenvalue weighted by molar-refractivity contribution is 0.614. The van der Waals surface area contributed by atoms with Crippen molar-refractivity contribution in [3.63, 3.8) is 0 Å². The minimum absolute atomic E-state index is 0.513. The number of thioether (sulfide) groups is 1. The van der Waals surface area contributed by atoms with Crippen molar-refractivity contribution < 1.29 is 0 Å². The number of aromatic nitrogens is 1. The van der Waals surface area contributed by atoms with Crippen LogP contribution in [0.25, 0.3) is 10.2 Å². The van der Waals surface area contributed by atoms with Gasteiger partial charge in [0.2, 0.25) is 0 Å². The zero-order chi connectivity index (χ0) is 13.7. The summed E-state index contributed by atoms with van der Waals surface area (Å²) in [5.41, 5.74) is 1.13. The predicted octanol–water partition coefficient (Wildman–Crippen LogP) is 3.96. The molecule has 0 bridgehead atoms. The van der Waals surface area contributed by atoms with Crippen molar-refractivity contribution in [2.24, 2.45) is 0 Å². The molecule has 1 aromatic heterocycles. The number of rotatable bonds is 7. The molecule has 0 aliphatic carbocycles. The number of likely N-dealkylation sites (N-methyl/N-ethyl adjacent to an activating group) is 1. The summed E-state index contributed by atoms with van der Waals surface area (Å²) in [4.78, 5) is 4.72. The zero-order valence-corrected chi connectivity index (χ0v) is 13.5. The van der Waals surface area contributed by atoms with Crippen molar-refractivity contribution >= 4 is 33.3 Å². The number of fused-ring (bicyclic) bond motifs is 1. The largest absolute Gasteiger partial charge is 0.316 e. The molecule has 19 heavy (non-hydrogen) atoms. The molecule has 2 atom stereocenters. The molecular weight excluding hydrogens is 272 g/mol. The van der Waals surface area contributed by atoms with E-state index in [4.69, 9.17) is 4.98 Å². The fourth-order valence-corrected chi connectivity index (χ4v) is 3.99. The van der Waals surface area contributed by atoms with Crippen LogP contribution in [0.3, 0.4) is 0 Å². The van der Waals surface area contributed by atoms with Crippen LogP contribution in [-0.4, -0.2) is 29.1 Å². The first kappa shape index (κ1) is 14.8. The summed E-state index contributed by atoms with van der Waals surface area (Å²) in [7, 11) is 2.05. The number of para-hydroxylation sites is 1. The first-order valence-corrected chi connectivity index (χ1v) is 8.72. The topological polar surface area (TPSA) is 24.9 Å². The van der Waals surface area contributed by atoms with Gasteiger partial charge in [0.15, 0.2) is 0 Å². The van der Waals surface area contributed by atoms with Crippen LogP contribution < -0.4 is 5.32 Å². The van der Waals surface area contributed by atoms with E-state index in [2.05, 4.69) is 50.5 Å². The molecule has 0 radical (unpaired) electrons. The smallest absolute Gasteiger partial charge is 0.0954 e. The lowest BCUT2D eigenvalue weighted by Crippen LogP contribution is -2.30. The first-order valence-electron chi connectivity index (χ1n) is 6.86. The highest BCUT2D eigenvalue weighted by Gasteiger charge is 2.12. The van der Waals surface area contributed by atoms with E-state index in [1.54, 1.807) is 0 Å². The van der Waals surface area contributed by atoms with Gasteiger partial charge in [-0.15, -0.1) is 11.3 Å². The fraction of sp³-hybridized carbons (Fsp3) is 0.533. The van der Waals surface area contributed by atoms with Gasteiger partial charge in [-0.3, -0.25) is 0 Å². The van der Waals surface area contributed by atoms with Crippen LogP contribution >= 0.6 is 23.1 Å². The van der Waals surface area contributed by atoms with Crippen molar-refractivity contribution in [3.05, 3.63) is 29.3 Å². The van der Waals surface area contributed by atoms with Crippen LogP contribution in [0.2, 0.25) is 0 Å². The van der Waals surface area contributed by atoms with Crippen molar-refractivity contribution in [2.75, 3.05) is 12.8 Å². The van der Waals surface area contributed by atoms with E-state index < -0.39 is 0 Å². The van der Waals surface area contributed by atoms with Gasteiger partial charge in [-0.25, -0.2) is 4.98 Å². The molecule has 2 nitrogen and oxygen atoms in total. The van der Waals surface area contributed by atoms with Crippen molar-refractivity contribution in [1.29, 1.82) is 0 Å². The van der Waals surface area contributed by atoms with Crippen LogP contribution in [0.1, 0.15) is 25.3 Å². The van der Waals surface area contributed by atoms with Crippen molar-refractivity contribution in [2.45, 2.75) is 38.0 Å². The van der Waals surface area contributed by atoms with Crippen LogP contribution in [-0.2, 0) is 6.42 Å². The van der Waals surface area contributed by atoms with Gasteiger partial charge in [-0.1, -0.05) is 26.0 Å². The van der Waals surface area contributed by atoms with Gasteiger partial charge >= 0.3 is 0 Å². The van der Waals surface area contributed by atoms with Crippen molar-refractivity contribution in [3.8, 4) is 0 Å². The van der Waals surface area contributed by atoms with Gasteiger partial charge in [0.1, 0.15) is 0 Å². The molecule has 0 spiro atoms. The van der Waals surface area contributed by atoms with Crippen LogP contribution in [0.5, 0.6) is 0 Å². The van der Waals surface area contributed by atoms with E-state index in [1.165, 1.54) is 16.1 Å². The van der Waals surface area contributed by atoms with Gasteiger partial charge < -0.3 is 5.32 Å². The monoisotopic (exact) mass is 294 g/mol. The predicted molar refractivity (Wildman–Crippen MR) is 88.4 cm³/mol. The Morgan fingerprint density at radius 3 is 2.84 bits per heavy atom. The average Bonchev–Trinajstić information content (AvgIpc) is 2.85. The third-order valence-corrected chi connectivity index (χ3v) is 5.88. The number of nitrogens with one attached hydrogen (secondary N) is 1. The molecule has 104 valence electrons. The maximum absolute atomic E-state index is 4.72. The standard InChI is InChI=1S/C15H22N2S2/c1-4-11(2)18-10-12(16-3)9-15-17-13-7-5-6-8-14(13)19-15/h5-8,11-12,16H,4,9-10H2,1-3H3. The molecule has 0 amide bonds. The van der Waals surface area contributed by atoms with E-state index >= 15 is 0 Å². The summed E-state index contributed by atoms with van der Waals surface area (Å²) in [6.07, 6.45) is 2.27. The molecule has 1 aromatic carbocycles. The molecule has 2 aromatic rings. The Morgan fingerprint density at radius 2 is 2.16 bits per heavy atom. The Labute approximate surface area is 124 Å². The van der Waals surface area contributed by atoms with Crippen LogP contribution in [0.4, 0.5) is 0 Å². The van der Waals surface area contributed by atoms with Crippen molar-refractivity contribution in [1.82, 2.24) is 10.3 Å². The first-order chi connectivity index (χ1) is 9.22. The summed E-state index contributed by atoms with van der Waals surface area (Å²) in [6.45, 7) is 4.55. The van der Waals surface area contributed by atoms with Crippen LogP contribution in [0, 0.1) is 0 Å². The molecule has 0 aliphatic heterocycles. The molecule has 0 aliphatic rings. The number of benzene rings is 1. The Kier molecular flexibility index (Phi) is 5.67. The van der Waals surface area contributed by atoms with Gasteiger partial charge in [0, 0.05) is 23.5 Å². The lowest BCUT2D eigenvalue weighted by Gasteiger charge is -2.16. The summed E-state index contributed by atoms with van der Waals surface area (Å²) in [5.74, 6) is 1.15. The second-order valence-electron chi connectivity index (χ2n) is 4.82. The summed E-state index contributed by atoms with van der Waals surface area (Å²) in [5, 5.41) is 5.40. The highest BCUT2D eigenvalue weighted by Crippen LogP contribution is 2.23. The molecule has 2 unspecified atom stereocenters. The Balaban J connectivity index is 1.97. The second kappa shape index (κ2) is 7.27. The SMILES string of the molecule is CCC(C)SCC(Cc1nc2ccccc2s1)NC. The number of thiazole rings is 1. The molecule has 1 N–H and O–H groups in total. The minimum Gasteiger partial charge on any atom is -0.316 e. The number of nitrogens with zero attached hydrogens (tertiary/aromatic N) is 1. The zero-order valence-electron chi connectivity index (χ0n) is 11.8. The lowest BCUT2D eigenvalue weighted by atomic mass is 10.2. The molecule has 0 fully saturated rings. The maximum Gasteiger partial charge on any atom is 0.0954 e. The molecular formula is C15H22N2S2. The van der Waals surface area contributed by atoms with Gasteiger partial charge in [0.25, 0.3) is 0 Å². The second-order valence-corrected chi connectivity index (χ2v) is 7.40. The van der Waals surface area contributed by atoms with E-state index in [0.717, 1.165) is 22.9 Å². The highest BCUT2D eigenvalue weighted by molar-refractivity contribution is 7.99. The third-order valence-electron chi connectivity index (χ3n) is 3.32. The molecule has 1 heterocycles. The third kappa shape index (κ3) is 4.20.